The Kier molecular flexibility index (Phi) is 6.21. The summed E-state index contributed by atoms with van der Waals surface area (Å²) in [7, 11) is 0. The zero-order chi connectivity index (χ0) is 29.8. The van der Waals surface area contributed by atoms with Crippen LogP contribution in [0.5, 0.6) is 5.95 Å². The number of aromatic nitrogens is 3. The predicted molar refractivity (Wildman–Crippen MR) is 160 cm³/mol. The number of benzene rings is 4. The third-order valence-electron chi connectivity index (χ3n) is 7.31. The molecule has 3 N–H and O–H groups in total. The van der Waals surface area contributed by atoms with E-state index in [0.29, 0.717) is 27.2 Å². The van der Waals surface area contributed by atoms with Crippen LogP contribution in [-0.4, -0.2) is 21.1 Å². The van der Waals surface area contributed by atoms with Gasteiger partial charge < -0.3 is 10.8 Å². The Balaban J connectivity index is 1.47. The van der Waals surface area contributed by atoms with Crippen LogP contribution in [0.2, 0.25) is 0 Å². The van der Waals surface area contributed by atoms with Gasteiger partial charge in [-0.1, -0.05) is 60.2 Å². The Labute approximate surface area is 247 Å². The highest BCUT2D eigenvalue weighted by atomic mass is 32.1. The second-order valence-corrected chi connectivity index (χ2v) is 11.0. The monoisotopic (exact) mass is 591 g/mol. The van der Waals surface area contributed by atoms with Crippen LogP contribution in [0.15, 0.2) is 95.5 Å². The van der Waals surface area contributed by atoms with Crippen LogP contribution in [0.25, 0.3) is 49.1 Å². The van der Waals surface area contributed by atoms with Crippen molar-refractivity contribution in [2.75, 3.05) is 5.73 Å². The van der Waals surface area contributed by atoms with E-state index in [9.17, 15) is 14.3 Å². The first kappa shape index (κ1) is 26.4. The maximum Gasteiger partial charge on any atom is 0.393 e. The van der Waals surface area contributed by atoms with E-state index < -0.39 is 23.4 Å². The van der Waals surface area contributed by atoms with Crippen LogP contribution < -0.4 is 10.4 Å². The van der Waals surface area contributed by atoms with E-state index in [4.69, 9.17) is 15.2 Å². The lowest BCUT2D eigenvalue weighted by Gasteiger charge is -2.11. The fraction of sp³-hybridized carbons (Fsp3) is 0.0303. The third kappa shape index (κ3) is 4.39. The van der Waals surface area contributed by atoms with Gasteiger partial charge in [0.1, 0.15) is 21.3 Å². The number of hydrogen-bond acceptors (Lipinski definition) is 7. The van der Waals surface area contributed by atoms with Gasteiger partial charge in [0.15, 0.2) is 0 Å². The lowest BCUT2D eigenvalue weighted by Crippen LogP contribution is -2.38. The molecule has 3 heterocycles. The fourth-order valence-corrected chi connectivity index (χ4v) is 6.27. The molecule has 0 saturated carbocycles. The van der Waals surface area contributed by atoms with Crippen molar-refractivity contribution in [2.45, 2.75) is 6.92 Å². The molecule has 0 aliphatic rings. The van der Waals surface area contributed by atoms with E-state index in [2.05, 4.69) is 5.27 Å². The van der Waals surface area contributed by atoms with E-state index in [0.717, 1.165) is 45.4 Å². The molecule has 4 aromatic carbocycles. The number of aromatic hydroxyl groups is 1. The number of carbonyl (C=O) groups excluding carboxylic acids is 1. The number of thiophene rings is 1. The molecule has 7 aromatic rings. The van der Waals surface area contributed by atoms with E-state index in [1.807, 2.05) is 61.5 Å². The quantitative estimate of drug-likeness (QED) is 0.163. The van der Waals surface area contributed by atoms with Crippen LogP contribution >= 0.6 is 11.3 Å². The third-order valence-corrected chi connectivity index (χ3v) is 8.41. The number of anilines is 1. The summed E-state index contributed by atoms with van der Waals surface area (Å²) in [5, 5.41) is 16.6. The van der Waals surface area contributed by atoms with Gasteiger partial charge in [-0.15, -0.1) is 11.3 Å². The first-order valence-corrected chi connectivity index (χ1v) is 14.0. The molecular weight excluding hydrogens is 570 g/mol. The Morgan fingerprint density at radius 2 is 1.70 bits per heavy atom. The van der Waals surface area contributed by atoms with Gasteiger partial charge in [-0.25, -0.2) is 13.8 Å². The highest BCUT2D eigenvalue weighted by Gasteiger charge is 2.37. The number of hydrogen-bond donors (Lipinski definition) is 2. The number of nitrogen functional groups attached to an aromatic ring is 1. The van der Waals surface area contributed by atoms with Gasteiger partial charge in [0.05, 0.1) is 11.4 Å². The SMILES string of the molecule is Cc1ccc(-[n+]2noc(O)c2C(=O)c2sc3nc(-c4cccc5ccccc45)cc(-c4ccc(F)cc4F)c3c2N)cc1. The molecule has 0 atom stereocenters. The number of nitrogens with two attached hydrogens (primary N) is 1. The standard InChI is InChI=1S/C33H20F2N4O3S/c1-17-9-12-20(13-10-17)39-29(33(41)42-38-39)30(40)31-28(36)27-24(22-14-11-19(34)15-25(22)35)16-26(37-32(27)43-31)23-8-4-6-18-5-2-3-7-21(18)23/h2-16H,1H3,(H2-,36,38,40,41)/p+1. The second-order valence-electron chi connectivity index (χ2n) is 10.0. The van der Waals surface area contributed by atoms with Gasteiger partial charge in [-0.2, -0.15) is 0 Å². The molecule has 0 saturated heterocycles. The summed E-state index contributed by atoms with van der Waals surface area (Å²) in [6.45, 7) is 1.92. The van der Waals surface area contributed by atoms with E-state index >= 15 is 4.39 Å². The minimum atomic E-state index is -0.788. The number of rotatable bonds is 5. The topological polar surface area (TPSA) is 106 Å². The Bertz CT molecular complexity index is 2220. The van der Waals surface area contributed by atoms with Crippen LogP contribution in [0.3, 0.4) is 0 Å². The second kappa shape index (κ2) is 10.1. The largest absolute Gasteiger partial charge is 0.474 e. The van der Waals surface area contributed by atoms with Gasteiger partial charge in [-0.3, -0.25) is 9.32 Å². The molecule has 0 unspecified atom stereocenters. The maximum atomic E-state index is 15.3. The number of halogens is 2. The molecule has 3 aromatic heterocycles. The van der Waals surface area contributed by atoms with Crippen LogP contribution in [0, 0.1) is 18.6 Å². The number of ketones is 1. The van der Waals surface area contributed by atoms with Gasteiger partial charge in [-0.05, 0) is 41.5 Å². The predicted octanol–water partition coefficient (Wildman–Crippen LogP) is 7.15. The highest BCUT2D eigenvalue weighted by Crippen LogP contribution is 2.43. The summed E-state index contributed by atoms with van der Waals surface area (Å²) in [5.41, 5.74) is 9.66. The fourth-order valence-electron chi connectivity index (χ4n) is 5.21. The molecule has 0 spiro atoms. The van der Waals surface area contributed by atoms with Crippen molar-refractivity contribution < 1.29 is 27.9 Å². The minimum Gasteiger partial charge on any atom is -0.474 e. The molecule has 0 aliphatic carbocycles. The molecular formula is C33H21F2N4O3S+. The van der Waals surface area contributed by atoms with Crippen molar-refractivity contribution in [3.05, 3.63) is 119 Å². The molecule has 10 heteroatoms. The molecule has 43 heavy (non-hydrogen) atoms. The highest BCUT2D eigenvalue weighted by molar-refractivity contribution is 7.21. The summed E-state index contributed by atoms with van der Waals surface area (Å²) in [4.78, 5) is 19.3. The summed E-state index contributed by atoms with van der Waals surface area (Å²) in [6.07, 6.45) is 0. The summed E-state index contributed by atoms with van der Waals surface area (Å²) in [6, 6.07) is 25.7. The molecule has 0 aliphatic heterocycles. The molecule has 7 rings (SSSR count). The van der Waals surface area contributed by atoms with Gasteiger partial charge in [0.2, 0.25) is 11.0 Å². The summed E-state index contributed by atoms with van der Waals surface area (Å²) >= 11 is 1.00. The smallest absolute Gasteiger partial charge is 0.393 e. The van der Waals surface area contributed by atoms with Crippen LogP contribution in [0.1, 0.15) is 20.9 Å². The average molecular weight is 592 g/mol. The Hall–Kier alpha value is -5.48. The average Bonchev–Trinajstić information content (AvgIpc) is 3.56. The van der Waals surface area contributed by atoms with Crippen molar-refractivity contribution in [3.8, 4) is 34.0 Å². The molecule has 0 amide bonds. The summed E-state index contributed by atoms with van der Waals surface area (Å²) in [5.74, 6) is -2.85. The minimum absolute atomic E-state index is 0.0387. The number of nitrogens with zero attached hydrogens (tertiary/aromatic N) is 3. The van der Waals surface area contributed by atoms with Crippen LogP contribution in [0.4, 0.5) is 14.5 Å². The normalized spacial score (nSPS) is 11.4. The lowest BCUT2D eigenvalue weighted by atomic mass is 9.96. The van der Waals surface area contributed by atoms with E-state index in [1.54, 1.807) is 18.2 Å². The van der Waals surface area contributed by atoms with Crippen molar-refractivity contribution in [1.29, 1.82) is 0 Å². The van der Waals surface area contributed by atoms with Crippen molar-refractivity contribution in [2.24, 2.45) is 0 Å². The number of pyridine rings is 1. The van der Waals surface area contributed by atoms with Gasteiger partial charge in [0.25, 0.3) is 5.78 Å². The first-order chi connectivity index (χ1) is 20.8. The number of aryl methyl sites for hydroxylation is 1. The Morgan fingerprint density at radius 1 is 0.930 bits per heavy atom. The molecule has 0 bridgehead atoms. The summed E-state index contributed by atoms with van der Waals surface area (Å²) < 4.78 is 35.4. The zero-order valence-corrected chi connectivity index (χ0v) is 23.3. The molecule has 0 radical (unpaired) electrons. The van der Waals surface area contributed by atoms with E-state index in [-0.39, 0.29) is 21.8 Å². The lowest BCUT2D eigenvalue weighted by molar-refractivity contribution is -0.672. The maximum absolute atomic E-state index is 15.3. The molecule has 7 nitrogen and oxygen atoms in total. The zero-order valence-electron chi connectivity index (χ0n) is 22.5. The molecule has 0 fully saturated rings. The number of carbonyl (C=O) groups is 1. The van der Waals surface area contributed by atoms with Gasteiger partial charge >= 0.3 is 11.6 Å². The Morgan fingerprint density at radius 3 is 2.49 bits per heavy atom. The van der Waals surface area contributed by atoms with Crippen molar-refractivity contribution >= 4 is 43.8 Å². The van der Waals surface area contributed by atoms with Gasteiger partial charge in [0, 0.05) is 39.4 Å². The first-order valence-electron chi connectivity index (χ1n) is 13.2. The number of fused-ring (bicyclic) bond motifs is 2. The van der Waals surface area contributed by atoms with Crippen molar-refractivity contribution in [3.63, 3.8) is 0 Å². The van der Waals surface area contributed by atoms with E-state index in [1.165, 1.54) is 10.7 Å². The van der Waals surface area contributed by atoms with Crippen LogP contribution in [-0.2, 0) is 0 Å². The molecule has 210 valence electrons. The van der Waals surface area contributed by atoms with Crippen molar-refractivity contribution in [1.82, 2.24) is 10.3 Å².